The largest absolute Gasteiger partial charge is 0.318 e. The molecule has 21 heavy (non-hydrogen) atoms. The lowest BCUT2D eigenvalue weighted by molar-refractivity contribution is -0.132. The third-order valence-electron chi connectivity index (χ3n) is 4.34. The van der Waals surface area contributed by atoms with E-state index in [9.17, 15) is 4.79 Å². The fraction of sp³-hybridized carbons (Fsp3) is 0.688. The molecule has 1 aromatic heterocycles. The predicted octanol–water partition coefficient (Wildman–Crippen LogP) is 3.49. The summed E-state index contributed by atoms with van der Waals surface area (Å²) in [6.07, 6.45) is 3.28. The molecule has 3 rings (SSSR count). The van der Waals surface area contributed by atoms with Crippen molar-refractivity contribution in [3.05, 3.63) is 22.4 Å². The molecular weight excluding hydrogens is 300 g/mol. The van der Waals surface area contributed by atoms with Crippen molar-refractivity contribution in [2.24, 2.45) is 5.92 Å². The Balaban J connectivity index is 1.83. The number of hydrogen-bond donors (Lipinski definition) is 1. The second kappa shape index (κ2) is 6.71. The fourth-order valence-corrected chi connectivity index (χ4v) is 5.09. The second-order valence-electron chi connectivity index (χ2n) is 6.40. The van der Waals surface area contributed by atoms with E-state index < -0.39 is 0 Å². The van der Waals surface area contributed by atoms with Gasteiger partial charge in [-0.05, 0) is 59.1 Å². The van der Waals surface area contributed by atoms with Gasteiger partial charge in [0.25, 0.3) is 0 Å². The molecule has 5 heteroatoms. The summed E-state index contributed by atoms with van der Waals surface area (Å²) >= 11 is 3.72. The molecule has 0 spiro atoms. The van der Waals surface area contributed by atoms with Crippen LogP contribution in [0.4, 0.5) is 0 Å². The van der Waals surface area contributed by atoms with E-state index in [2.05, 4.69) is 40.9 Å². The number of amides is 1. The monoisotopic (exact) mass is 324 g/mol. The third-order valence-corrected chi connectivity index (χ3v) is 6.09. The minimum atomic E-state index is -0.00974. The van der Waals surface area contributed by atoms with Crippen LogP contribution in [0.15, 0.2) is 16.8 Å². The van der Waals surface area contributed by atoms with Crippen LogP contribution >= 0.6 is 23.1 Å². The average molecular weight is 325 g/mol. The van der Waals surface area contributed by atoms with Crippen molar-refractivity contribution in [1.82, 2.24) is 10.2 Å². The first-order valence-corrected chi connectivity index (χ1v) is 9.94. The molecule has 1 aromatic rings. The van der Waals surface area contributed by atoms with Crippen LogP contribution < -0.4 is 5.32 Å². The number of rotatable bonds is 4. The lowest BCUT2D eigenvalue weighted by Crippen LogP contribution is -2.42. The number of nitrogens with one attached hydrogen (secondary N) is 1. The van der Waals surface area contributed by atoms with Gasteiger partial charge in [-0.25, -0.2) is 0 Å². The Morgan fingerprint density at radius 2 is 2.14 bits per heavy atom. The van der Waals surface area contributed by atoms with Crippen molar-refractivity contribution in [1.29, 1.82) is 0 Å². The second-order valence-corrected chi connectivity index (χ2v) is 8.40. The quantitative estimate of drug-likeness (QED) is 0.920. The van der Waals surface area contributed by atoms with Gasteiger partial charge < -0.3 is 4.90 Å². The zero-order chi connectivity index (χ0) is 14.8. The van der Waals surface area contributed by atoms with Crippen LogP contribution in [-0.4, -0.2) is 34.4 Å². The van der Waals surface area contributed by atoms with Gasteiger partial charge in [0.15, 0.2) is 0 Å². The summed E-state index contributed by atoms with van der Waals surface area (Å²) < 4.78 is 0. The highest BCUT2D eigenvalue weighted by atomic mass is 32.2. The fourth-order valence-electron chi connectivity index (χ4n) is 3.33. The standard InChI is InChI=1S/C16H24N2OS2/c1-11(2)9-14-16(19)18(13-4-7-20-8-5-13)15(17-14)12-3-6-21-10-12/h3,6,10-11,13-15,17H,4-5,7-9H2,1-2H3. The number of thiophene rings is 1. The first kappa shape index (κ1) is 15.4. The number of hydrogen-bond acceptors (Lipinski definition) is 4. The van der Waals surface area contributed by atoms with E-state index in [1.807, 2.05) is 11.8 Å². The third kappa shape index (κ3) is 3.30. The zero-order valence-electron chi connectivity index (χ0n) is 12.7. The number of carbonyl (C=O) groups is 1. The molecule has 0 radical (unpaired) electrons. The van der Waals surface area contributed by atoms with Crippen LogP contribution in [0.3, 0.4) is 0 Å². The van der Waals surface area contributed by atoms with Gasteiger partial charge in [-0.15, -0.1) is 0 Å². The summed E-state index contributed by atoms with van der Waals surface area (Å²) in [6, 6.07) is 2.55. The van der Waals surface area contributed by atoms with Crippen molar-refractivity contribution in [2.45, 2.75) is 51.4 Å². The van der Waals surface area contributed by atoms with Gasteiger partial charge >= 0.3 is 0 Å². The van der Waals surface area contributed by atoms with Crippen LogP contribution in [0.25, 0.3) is 0 Å². The summed E-state index contributed by atoms with van der Waals surface area (Å²) in [5.41, 5.74) is 1.25. The van der Waals surface area contributed by atoms with E-state index >= 15 is 0 Å². The van der Waals surface area contributed by atoms with Crippen molar-refractivity contribution in [3.63, 3.8) is 0 Å². The Morgan fingerprint density at radius 1 is 1.38 bits per heavy atom. The lowest BCUT2D eigenvalue weighted by atomic mass is 10.0. The number of nitrogens with zero attached hydrogens (tertiary/aromatic N) is 1. The van der Waals surface area contributed by atoms with Crippen LogP contribution in [0.5, 0.6) is 0 Å². The minimum Gasteiger partial charge on any atom is -0.318 e. The molecule has 2 aliphatic heterocycles. The Hall–Kier alpha value is -0.520. The molecule has 1 amide bonds. The van der Waals surface area contributed by atoms with E-state index in [0.29, 0.717) is 17.9 Å². The maximum atomic E-state index is 12.9. The highest BCUT2D eigenvalue weighted by Crippen LogP contribution is 2.34. The normalized spacial score (nSPS) is 27.8. The van der Waals surface area contributed by atoms with E-state index in [-0.39, 0.29) is 12.2 Å². The van der Waals surface area contributed by atoms with Gasteiger partial charge in [-0.3, -0.25) is 10.1 Å². The van der Waals surface area contributed by atoms with Gasteiger partial charge in [0.2, 0.25) is 5.91 Å². The molecule has 2 atom stereocenters. The molecule has 2 unspecified atom stereocenters. The molecule has 0 aromatic carbocycles. The van der Waals surface area contributed by atoms with Crippen molar-refractivity contribution >= 4 is 29.0 Å². The summed E-state index contributed by atoms with van der Waals surface area (Å²) in [6.45, 7) is 4.38. The van der Waals surface area contributed by atoms with Crippen molar-refractivity contribution < 1.29 is 4.79 Å². The summed E-state index contributed by atoms with van der Waals surface area (Å²) in [5.74, 6) is 3.22. The van der Waals surface area contributed by atoms with Crippen LogP contribution in [0.2, 0.25) is 0 Å². The van der Waals surface area contributed by atoms with Crippen molar-refractivity contribution in [2.75, 3.05) is 11.5 Å². The van der Waals surface area contributed by atoms with Crippen molar-refractivity contribution in [3.8, 4) is 0 Å². The predicted molar refractivity (Wildman–Crippen MR) is 90.6 cm³/mol. The Bertz CT molecular complexity index is 469. The lowest BCUT2D eigenvalue weighted by Gasteiger charge is -2.34. The van der Waals surface area contributed by atoms with Gasteiger partial charge in [0.1, 0.15) is 6.17 Å². The molecule has 2 saturated heterocycles. The summed E-state index contributed by atoms with van der Waals surface area (Å²) in [5, 5.41) is 7.88. The molecule has 0 saturated carbocycles. The van der Waals surface area contributed by atoms with E-state index in [1.165, 1.54) is 17.1 Å². The average Bonchev–Trinajstić information content (AvgIpc) is 3.08. The molecular formula is C16H24N2OS2. The summed E-state index contributed by atoms with van der Waals surface area (Å²) in [7, 11) is 0. The zero-order valence-corrected chi connectivity index (χ0v) is 14.4. The highest BCUT2D eigenvalue weighted by Gasteiger charge is 2.43. The molecule has 0 bridgehead atoms. The summed E-state index contributed by atoms with van der Waals surface area (Å²) in [4.78, 5) is 15.1. The Morgan fingerprint density at radius 3 is 2.76 bits per heavy atom. The molecule has 116 valence electrons. The first-order chi connectivity index (χ1) is 10.2. The smallest absolute Gasteiger partial charge is 0.241 e. The van der Waals surface area contributed by atoms with Crippen LogP contribution in [0.1, 0.15) is 44.8 Å². The number of carbonyl (C=O) groups excluding carboxylic acids is 1. The highest BCUT2D eigenvalue weighted by molar-refractivity contribution is 7.99. The SMILES string of the molecule is CC(C)CC1NC(c2ccsc2)N(C2CCSCC2)C1=O. The van der Waals surface area contributed by atoms with Gasteiger partial charge in [0.05, 0.1) is 6.04 Å². The van der Waals surface area contributed by atoms with E-state index in [4.69, 9.17) is 0 Å². The molecule has 2 aliphatic rings. The molecule has 1 N–H and O–H groups in total. The maximum absolute atomic E-state index is 12.9. The molecule has 0 aliphatic carbocycles. The topological polar surface area (TPSA) is 32.3 Å². The molecule has 3 heterocycles. The Kier molecular flexibility index (Phi) is 4.92. The molecule has 2 fully saturated rings. The van der Waals surface area contributed by atoms with Crippen LogP contribution in [0, 0.1) is 5.92 Å². The van der Waals surface area contributed by atoms with Gasteiger partial charge in [-0.2, -0.15) is 23.1 Å². The van der Waals surface area contributed by atoms with Crippen LogP contribution in [-0.2, 0) is 4.79 Å². The number of thioether (sulfide) groups is 1. The molecule has 3 nitrogen and oxygen atoms in total. The van der Waals surface area contributed by atoms with E-state index in [1.54, 1.807) is 11.3 Å². The maximum Gasteiger partial charge on any atom is 0.241 e. The minimum absolute atomic E-state index is 0.00974. The van der Waals surface area contributed by atoms with Gasteiger partial charge in [0, 0.05) is 6.04 Å². The van der Waals surface area contributed by atoms with E-state index in [0.717, 1.165) is 19.3 Å². The Labute approximate surface area is 135 Å². The van der Waals surface area contributed by atoms with Gasteiger partial charge in [-0.1, -0.05) is 13.8 Å². The first-order valence-electron chi connectivity index (χ1n) is 7.85.